The normalized spacial score (nSPS) is 19.2. The molecule has 2 aliphatic carbocycles. The van der Waals surface area contributed by atoms with Crippen molar-refractivity contribution in [3.05, 3.63) is 29.6 Å². The lowest BCUT2D eigenvalue weighted by Gasteiger charge is -2.22. The molecule has 0 saturated heterocycles. The summed E-state index contributed by atoms with van der Waals surface area (Å²) in [5.74, 6) is -0.504. The quantitative estimate of drug-likeness (QED) is 0.840. The largest absolute Gasteiger partial charge is 0.310 e. The summed E-state index contributed by atoms with van der Waals surface area (Å²) in [6.45, 7) is 2.73. The number of hydrogen-bond acceptors (Lipinski definition) is 3. The van der Waals surface area contributed by atoms with Gasteiger partial charge in [-0.15, -0.1) is 0 Å². The molecule has 0 bridgehead atoms. The summed E-state index contributed by atoms with van der Waals surface area (Å²) in [7, 11) is -3.62. The first kappa shape index (κ1) is 14.9. The lowest BCUT2D eigenvalue weighted by Crippen LogP contribution is -2.34. The summed E-state index contributed by atoms with van der Waals surface area (Å²) in [6, 6.07) is 4.64. The molecule has 0 atom stereocenters. The van der Waals surface area contributed by atoms with Crippen molar-refractivity contribution in [2.45, 2.75) is 56.1 Å². The molecule has 1 aromatic carbocycles. The molecule has 0 aromatic heterocycles. The fourth-order valence-electron chi connectivity index (χ4n) is 2.57. The number of sulfonamides is 1. The van der Waals surface area contributed by atoms with Gasteiger partial charge in [0.05, 0.1) is 4.90 Å². The fraction of sp³-hybridized carbons (Fsp3) is 0.600. The van der Waals surface area contributed by atoms with Crippen LogP contribution < -0.4 is 5.32 Å². The van der Waals surface area contributed by atoms with E-state index in [2.05, 4.69) is 5.32 Å². The van der Waals surface area contributed by atoms with Gasteiger partial charge < -0.3 is 5.32 Å². The summed E-state index contributed by atoms with van der Waals surface area (Å²) in [5, 5.41) is 3.30. The molecule has 0 spiro atoms. The van der Waals surface area contributed by atoms with Crippen molar-refractivity contribution in [1.29, 1.82) is 0 Å². The third-order valence-corrected chi connectivity index (χ3v) is 6.15. The Morgan fingerprint density at radius 3 is 2.57 bits per heavy atom. The van der Waals surface area contributed by atoms with Gasteiger partial charge >= 0.3 is 0 Å². The van der Waals surface area contributed by atoms with Crippen LogP contribution in [0.4, 0.5) is 4.39 Å². The maximum atomic E-state index is 13.6. The van der Waals surface area contributed by atoms with E-state index in [0.29, 0.717) is 24.7 Å². The van der Waals surface area contributed by atoms with Crippen LogP contribution in [0, 0.1) is 5.82 Å². The van der Waals surface area contributed by atoms with E-state index in [1.807, 2.05) is 6.92 Å². The summed E-state index contributed by atoms with van der Waals surface area (Å²) >= 11 is 0. The highest BCUT2D eigenvalue weighted by Crippen LogP contribution is 2.33. The highest BCUT2D eigenvalue weighted by atomic mass is 32.2. The van der Waals surface area contributed by atoms with E-state index >= 15 is 0 Å². The minimum atomic E-state index is -3.62. The predicted octanol–water partition coefficient (Wildman–Crippen LogP) is 2.25. The molecule has 116 valence electrons. The maximum absolute atomic E-state index is 13.6. The first-order valence-corrected chi connectivity index (χ1v) is 9.00. The minimum absolute atomic E-state index is 0.0903. The molecule has 0 aliphatic heterocycles. The number of halogens is 1. The van der Waals surface area contributed by atoms with E-state index < -0.39 is 15.8 Å². The van der Waals surface area contributed by atoms with Gasteiger partial charge in [0.25, 0.3) is 0 Å². The van der Waals surface area contributed by atoms with Crippen molar-refractivity contribution in [2.24, 2.45) is 0 Å². The number of nitrogens with zero attached hydrogens (tertiary/aromatic N) is 1. The summed E-state index contributed by atoms with van der Waals surface area (Å²) in [6.07, 6.45) is 4.06. The molecular formula is C15H21FN2O2S. The molecule has 0 amide bonds. The van der Waals surface area contributed by atoms with Gasteiger partial charge in [0.2, 0.25) is 10.0 Å². The zero-order valence-electron chi connectivity index (χ0n) is 12.2. The average Bonchev–Trinajstić information content (AvgIpc) is 3.32. The molecule has 3 rings (SSSR count). The molecule has 0 radical (unpaired) electrons. The Morgan fingerprint density at radius 2 is 2.00 bits per heavy atom. The van der Waals surface area contributed by atoms with Gasteiger partial charge in [-0.05, 0) is 43.4 Å². The second-order valence-electron chi connectivity index (χ2n) is 5.85. The fourth-order valence-corrected chi connectivity index (χ4v) is 4.50. The monoisotopic (exact) mass is 312 g/mol. The van der Waals surface area contributed by atoms with Gasteiger partial charge in [0.15, 0.2) is 0 Å². The van der Waals surface area contributed by atoms with Crippen LogP contribution in [0.2, 0.25) is 0 Å². The van der Waals surface area contributed by atoms with Crippen LogP contribution in [0.25, 0.3) is 0 Å². The Hall–Kier alpha value is -0.980. The average molecular weight is 312 g/mol. The van der Waals surface area contributed by atoms with Crippen LogP contribution in [0.3, 0.4) is 0 Å². The molecule has 2 saturated carbocycles. The van der Waals surface area contributed by atoms with E-state index in [9.17, 15) is 12.8 Å². The summed E-state index contributed by atoms with van der Waals surface area (Å²) < 4.78 is 40.7. The number of benzene rings is 1. The number of nitrogens with one attached hydrogen (secondary N) is 1. The lowest BCUT2D eigenvalue weighted by atomic mass is 10.2. The van der Waals surface area contributed by atoms with Crippen molar-refractivity contribution in [2.75, 3.05) is 6.54 Å². The van der Waals surface area contributed by atoms with Gasteiger partial charge in [-0.3, -0.25) is 0 Å². The van der Waals surface area contributed by atoms with E-state index in [0.717, 1.165) is 31.7 Å². The first-order chi connectivity index (χ1) is 10.0. The van der Waals surface area contributed by atoms with Gasteiger partial charge in [-0.2, -0.15) is 4.31 Å². The molecule has 21 heavy (non-hydrogen) atoms. The molecule has 6 heteroatoms. The van der Waals surface area contributed by atoms with Crippen molar-refractivity contribution in [3.8, 4) is 0 Å². The van der Waals surface area contributed by atoms with Gasteiger partial charge in [0.1, 0.15) is 5.82 Å². The molecule has 0 unspecified atom stereocenters. The highest BCUT2D eigenvalue weighted by Gasteiger charge is 2.38. The minimum Gasteiger partial charge on any atom is -0.310 e. The van der Waals surface area contributed by atoms with Crippen LogP contribution in [-0.2, 0) is 16.6 Å². The zero-order chi connectivity index (χ0) is 15.0. The molecule has 4 nitrogen and oxygen atoms in total. The van der Waals surface area contributed by atoms with E-state index in [1.54, 1.807) is 6.07 Å². The summed E-state index contributed by atoms with van der Waals surface area (Å²) in [5.41, 5.74) is 0.655. The van der Waals surface area contributed by atoms with Crippen molar-refractivity contribution >= 4 is 10.0 Å². The zero-order valence-corrected chi connectivity index (χ0v) is 13.0. The number of hydrogen-bond donors (Lipinski definition) is 1. The van der Waals surface area contributed by atoms with Crippen LogP contribution in [0.1, 0.15) is 38.2 Å². The van der Waals surface area contributed by atoms with Crippen LogP contribution in [0.15, 0.2) is 23.1 Å². The summed E-state index contributed by atoms with van der Waals surface area (Å²) in [4.78, 5) is 0.115. The topological polar surface area (TPSA) is 49.4 Å². The van der Waals surface area contributed by atoms with Crippen LogP contribution in [0.5, 0.6) is 0 Å². The Morgan fingerprint density at radius 1 is 1.29 bits per heavy atom. The molecule has 1 aromatic rings. The maximum Gasteiger partial charge on any atom is 0.243 e. The molecule has 2 fully saturated rings. The SMILES string of the molecule is CCN(C1CC1)S(=O)(=O)c1cc(F)ccc1CNC1CC1. The Labute approximate surface area is 125 Å². The van der Waals surface area contributed by atoms with Crippen LogP contribution in [-0.4, -0.2) is 31.4 Å². The predicted molar refractivity (Wildman–Crippen MR) is 78.8 cm³/mol. The van der Waals surface area contributed by atoms with Gasteiger partial charge in [-0.25, -0.2) is 12.8 Å². The highest BCUT2D eigenvalue weighted by molar-refractivity contribution is 7.89. The Bertz CT molecular complexity index is 625. The first-order valence-electron chi connectivity index (χ1n) is 7.56. The van der Waals surface area contributed by atoms with Crippen molar-refractivity contribution in [3.63, 3.8) is 0 Å². The van der Waals surface area contributed by atoms with E-state index in [1.165, 1.54) is 10.4 Å². The second kappa shape index (κ2) is 5.66. The lowest BCUT2D eigenvalue weighted by molar-refractivity contribution is 0.419. The molecule has 2 aliphatic rings. The third kappa shape index (κ3) is 3.27. The second-order valence-corrected chi connectivity index (χ2v) is 7.71. The Kier molecular flexibility index (Phi) is 4.03. The standard InChI is InChI=1S/C15H21FN2O2S/c1-2-18(14-7-8-14)21(19,20)15-9-12(16)4-3-11(15)10-17-13-5-6-13/h3-4,9,13-14,17H,2,5-8,10H2,1H3. The number of rotatable bonds is 7. The molecular weight excluding hydrogens is 291 g/mol. The smallest absolute Gasteiger partial charge is 0.243 e. The van der Waals surface area contributed by atoms with Crippen molar-refractivity contribution < 1.29 is 12.8 Å². The molecule has 0 heterocycles. The van der Waals surface area contributed by atoms with E-state index in [4.69, 9.17) is 0 Å². The van der Waals surface area contributed by atoms with E-state index in [-0.39, 0.29) is 10.9 Å². The Balaban J connectivity index is 1.92. The van der Waals surface area contributed by atoms with Gasteiger partial charge in [-0.1, -0.05) is 13.0 Å². The molecule has 1 N–H and O–H groups in total. The van der Waals surface area contributed by atoms with Crippen LogP contribution >= 0.6 is 0 Å². The van der Waals surface area contributed by atoms with Gasteiger partial charge in [0, 0.05) is 25.2 Å². The van der Waals surface area contributed by atoms with Crippen molar-refractivity contribution in [1.82, 2.24) is 9.62 Å². The third-order valence-electron chi connectivity index (χ3n) is 4.04.